The number of hydrogen-bond donors (Lipinski definition) is 1. The van der Waals surface area contributed by atoms with E-state index in [0.29, 0.717) is 19.7 Å². The van der Waals surface area contributed by atoms with Crippen LogP contribution in [0.4, 0.5) is 0 Å². The van der Waals surface area contributed by atoms with Crippen LogP contribution in [0.25, 0.3) is 0 Å². The summed E-state index contributed by atoms with van der Waals surface area (Å²) < 4.78 is 5.61. The first kappa shape index (κ1) is 13.0. The smallest absolute Gasteiger partial charge is 0.242 e. The zero-order valence-corrected chi connectivity index (χ0v) is 10.8. The molecule has 1 saturated heterocycles. The van der Waals surface area contributed by atoms with Gasteiger partial charge in [-0.25, -0.2) is 0 Å². The highest BCUT2D eigenvalue weighted by molar-refractivity contribution is 5.82. The van der Waals surface area contributed by atoms with Crippen LogP contribution in [-0.2, 0) is 16.1 Å². The first-order valence-corrected chi connectivity index (χ1v) is 6.19. The highest BCUT2D eigenvalue weighted by atomic mass is 16.5. The van der Waals surface area contributed by atoms with Crippen molar-refractivity contribution in [2.45, 2.75) is 25.6 Å². The summed E-state index contributed by atoms with van der Waals surface area (Å²) >= 11 is 0. The molecule has 0 aliphatic carbocycles. The minimum Gasteiger partial charge on any atom is -0.374 e. The fourth-order valence-electron chi connectivity index (χ4n) is 2.18. The predicted molar refractivity (Wildman–Crippen MR) is 67.9 cm³/mol. The Labute approximate surface area is 107 Å². The lowest BCUT2D eigenvalue weighted by atomic mass is 10.1. The van der Waals surface area contributed by atoms with Crippen LogP contribution in [0.3, 0.4) is 0 Å². The van der Waals surface area contributed by atoms with E-state index < -0.39 is 0 Å². The molecule has 1 fully saturated rings. The van der Waals surface area contributed by atoms with Crippen molar-refractivity contribution in [1.29, 1.82) is 0 Å². The van der Waals surface area contributed by atoms with Crippen LogP contribution in [0.2, 0.25) is 0 Å². The maximum absolute atomic E-state index is 12.4. The Morgan fingerprint density at radius 3 is 2.89 bits per heavy atom. The zero-order chi connectivity index (χ0) is 13.0. The Morgan fingerprint density at radius 2 is 2.22 bits per heavy atom. The van der Waals surface area contributed by atoms with Crippen molar-refractivity contribution in [2.75, 3.05) is 20.2 Å². The highest BCUT2D eigenvalue weighted by Crippen LogP contribution is 2.12. The molecule has 18 heavy (non-hydrogen) atoms. The molecule has 2 rings (SSSR count). The van der Waals surface area contributed by atoms with E-state index in [4.69, 9.17) is 4.74 Å². The topological polar surface area (TPSA) is 54.5 Å². The predicted octanol–water partition coefficient (Wildman–Crippen LogP) is 0.417. The average molecular weight is 249 g/mol. The monoisotopic (exact) mass is 249 g/mol. The number of aromatic nitrogens is 1. The van der Waals surface area contributed by atoms with E-state index >= 15 is 0 Å². The molecule has 5 heteroatoms. The third-order valence-electron chi connectivity index (χ3n) is 3.22. The molecule has 98 valence electrons. The van der Waals surface area contributed by atoms with Gasteiger partial charge in [-0.15, -0.1) is 0 Å². The normalized spacial score (nSPS) is 25.0. The van der Waals surface area contributed by atoms with E-state index in [2.05, 4.69) is 10.3 Å². The molecular weight excluding hydrogens is 230 g/mol. The molecular formula is C13H19N3O2. The Hall–Kier alpha value is -1.46. The lowest BCUT2D eigenvalue weighted by molar-refractivity contribution is -0.134. The third kappa shape index (κ3) is 2.86. The van der Waals surface area contributed by atoms with Crippen molar-refractivity contribution >= 4 is 5.91 Å². The third-order valence-corrected chi connectivity index (χ3v) is 3.22. The van der Waals surface area contributed by atoms with E-state index in [1.54, 1.807) is 19.4 Å². The molecule has 0 aromatic carbocycles. The van der Waals surface area contributed by atoms with E-state index in [1.807, 2.05) is 24.0 Å². The molecule has 1 aromatic heterocycles. The largest absolute Gasteiger partial charge is 0.374 e. The maximum atomic E-state index is 12.4. The number of nitrogens with zero attached hydrogens (tertiary/aromatic N) is 2. The second-order valence-corrected chi connectivity index (χ2v) is 4.46. The summed E-state index contributed by atoms with van der Waals surface area (Å²) in [6.45, 7) is 3.74. The van der Waals surface area contributed by atoms with Crippen LogP contribution in [0.5, 0.6) is 0 Å². The number of ether oxygens (including phenoxy) is 1. The van der Waals surface area contributed by atoms with Crippen molar-refractivity contribution < 1.29 is 9.53 Å². The summed E-state index contributed by atoms with van der Waals surface area (Å²) in [6.07, 6.45) is 3.39. The van der Waals surface area contributed by atoms with E-state index in [0.717, 1.165) is 5.56 Å². The van der Waals surface area contributed by atoms with Crippen molar-refractivity contribution in [1.82, 2.24) is 15.2 Å². The number of nitrogens with one attached hydrogen (secondary N) is 1. The van der Waals surface area contributed by atoms with Gasteiger partial charge in [0.05, 0.1) is 12.7 Å². The minimum absolute atomic E-state index is 0.0926. The van der Waals surface area contributed by atoms with Gasteiger partial charge >= 0.3 is 0 Å². The molecule has 2 atom stereocenters. The summed E-state index contributed by atoms with van der Waals surface area (Å²) in [7, 11) is 1.79. The number of pyridine rings is 1. The first-order chi connectivity index (χ1) is 8.72. The molecule has 1 N–H and O–H groups in total. The summed E-state index contributed by atoms with van der Waals surface area (Å²) in [5.41, 5.74) is 1.09. The summed E-state index contributed by atoms with van der Waals surface area (Å²) in [5.74, 6) is 0.0966. The molecule has 1 aliphatic heterocycles. The lowest BCUT2D eigenvalue weighted by Gasteiger charge is -2.25. The van der Waals surface area contributed by atoms with Crippen LogP contribution in [0.1, 0.15) is 12.5 Å². The molecule has 2 heterocycles. The van der Waals surface area contributed by atoms with Crippen LogP contribution in [0.15, 0.2) is 24.5 Å². The van der Waals surface area contributed by atoms with Crippen molar-refractivity contribution in [3.8, 4) is 0 Å². The second-order valence-electron chi connectivity index (χ2n) is 4.46. The van der Waals surface area contributed by atoms with Crippen molar-refractivity contribution in [3.05, 3.63) is 30.1 Å². The molecule has 0 saturated carbocycles. The van der Waals surface area contributed by atoms with Crippen LogP contribution >= 0.6 is 0 Å². The van der Waals surface area contributed by atoms with Gasteiger partial charge in [-0.1, -0.05) is 0 Å². The molecule has 5 nitrogen and oxygen atoms in total. The van der Waals surface area contributed by atoms with Gasteiger partial charge in [0.1, 0.15) is 6.04 Å². The Balaban J connectivity index is 2.10. The SMILES string of the molecule is CNC1C(=O)N(Cc2ccncc2)CCOC1C. The van der Waals surface area contributed by atoms with E-state index in [-0.39, 0.29) is 18.1 Å². The standard InChI is InChI=1S/C13H19N3O2/c1-10-12(14-2)13(17)16(7-8-18-10)9-11-3-5-15-6-4-11/h3-6,10,12,14H,7-9H2,1-2H3. The first-order valence-electron chi connectivity index (χ1n) is 6.19. The van der Waals surface area contributed by atoms with Gasteiger partial charge in [0.25, 0.3) is 0 Å². The maximum Gasteiger partial charge on any atom is 0.242 e. The fraction of sp³-hybridized carbons (Fsp3) is 0.538. The van der Waals surface area contributed by atoms with Gasteiger partial charge < -0.3 is 15.0 Å². The lowest BCUT2D eigenvalue weighted by Crippen LogP contribution is -2.48. The number of rotatable bonds is 3. The molecule has 0 bridgehead atoms. The Bertz CT molecular complexity index is 396. The number of carbonyl (C=O) groups is 1. The van der Waals surface area contributed by atoms with Crippen LogP contribution in [0, 0.1) is 0 Å². The van der Waals surface area contributed by atoms with Gasteiger partial charge in [0.2, 0.25) is 5.91 Å². The Morgan fingerprint density at radius 1 is 1.50 bits per heavy atom. The molecule has 0 radical (unpaired) electrons. The van der Waals surface area contributed by atoms with Gasteiger partial charge in [-0.3, -0.25) is 9.78 Å². The van der Waals surface area contributed by atoms with Crippen molar-refractivity contribution in [3.63, 3.8) is 0 Å². The van der Waals surface area contributed by atoms with Crippen LogP contribution < -0.4 is 5.32 Å². The minimum atomic E-state index is -0.269. The highest BCUT2D eigenvalue weighted by Gasteiger charge is 2.31. The zero-order valence-electron chi connectivity index (χ0n) is 10.8. The average Bonchev–Trinajstić information content (AvgIpc) is 2.51. The quantitative estimate of drug-likeness (QED) is 0.843. The second kappa shape index (κ2) is 5.93. The molecule has 1 aromatic rings. The summed E-state index contributed by atoms with van der Waals surface area (Å²) in [5, 5.41) is 3.03. The van der Waals surface area contributed by atoms with Crippen molar-refractivity contribution in [2.24, 2.45) is 0 Å². The number of hydrogen-bond acceptors (Lipinski definition) is 4. The van der Waals surface area contributed by atoms with Gasteiger partial charge in [-0.05, 0) is 31.7 Å². The number of carbonyl (C=O) groups excluding carboxylic acids is 1. The molecule has 2 unspecified atom stereocenters. The fourth-order valence-corrected chi connectivity index (χ4v) is 2.18. The number of amides is 1. The summed E-state index contributed by atoms with van der Waals surface area (Å²) in [6, 6.07) is 3.59. The van der Waals surface area contributed by atoms with Crippen LogP contribution in [-0.4, -0.2) is 48.1 Å². The van der Waals surface area contributed by atoms with E-state index in [1.165, 1.54) is 0 Å². The number of likely N-dealkylation sites (N-methyl/N-ethyl adjacent to an activating group) is 1. The molecule has 1 aliphatic rings. The summed E-state index contributed by atoms with van der Waals surface area (Å²) in [4.78, 5) is 18.2. The molecule has 0 spiro atoms. The molecule has 1 amide bonds. The van der Waals surface area contributed by atoms with Gasteiger partial charge in [-0.2, -0.15) is 0 Å². The van der Waals surface area contributed by atoms with Gasteiger partial charge in [0.15, 0.2) is 0 Å². The van der Waals surface area contributed by atoms with Gasteiger partial charge in [0, 0.05) is 25.5 Å². The Kier molecular flexibility index (Phi) is 4.28. The van der Waals surface area contributed by atoms with E-state index in [9.17, 15) is 4.79 Å².